The van der Waals surface area contributed by atoms with Crippen molar-refractivity contribution in [2.24, 2.45) is 0 Å². The molecule has 0 aromatic heterocycles. The molecule has 0 unspecified atom stereocenters. The summed E-state index contributed by atoms with van der Waals surface area (Å²) < 4.78 is 69.8. The summed E-state index contributed by atoms with van der Waals surface area (Å²) in [5.74, 6) is -0.450. The van der Waals surface area contributed by atoms with Crippen LogP contribution in [0.5, 0.6) is 5.75 Å². The summed E-state index contributed by atoms with van der Waals surface area (Å²) in [6.07, 6.45) is -3.48. The van der Waals surface area contributed by atoms with Crippen LogP contribution >= 0.6 is 11.6 Å². The maximum absolute atomic E-state index is 12.9. The van der Waals surface area contributed by atoms with Gasteiger partial charge < -0.3 is 10.1 Å². The Morgan fingerprint density at radius 3 is 2.26 bits per heavy atom. The van der Waals surface area contributed by atoms with E-state index in [0.717, 1.165) is 30.0 Å². The van der Waals surface area contributed by atoms with Crippen LogP contribution in [0.3, 0.4) is 0 Å². The van der Waals surface area contributed by atoms with Gasteiger partial charge in [-0.05, 0) is 48.0 Å². The minimum Gasteiger partial charge on any atom is -0.484 e. The molecule has 0 aliphatic rings. The van der Waals surface area contributed by atoms with Crippen molar-refractivity contribution in [3.05, 3.63) is 88.9 Å². The molecule has 0 bridgehead atoms. The molecule has 0 aliphatic carbocycles. The summed E-state index contributed by atoms with van der Waals surface area (Å²) in [4.78, 5) is 12.1. The molecule has 6 nitrogen and oxygen atoms in total. The molecule has 3 aromatic rings. The van der Waals surface area contributed by atoms with Crippen molar-refractivity contribution < 1.29 is 31.1 Å². The van der Waals surface area contributed by atoms with Gasteiger partial charge in [-0.25, -0.2) is 8.42 Å². The van der Waals surface area contributed by atoms with Crippen molar-refractivity contribution >= 4 is 38.9 Å². The van der Waals surface area contributed by atoms with Gasteiger partial charge in [-0.2, -0.15) is 13.2 Å². The standard InChI is InChI=1S/C23H20ClF3N2O4S/c1-34(31,32)29(14-16-5-3-2-4-6-16)18-8-10-19(11-9-18)33-15-22(30)28-21-13-17(23(25,26)27)7-12-20(21)24/h2-13H,14-15H2,1H3,(H,28,30). The summed E-state index contributed by atoms with van der Waals surface area (Å²) in [5.41, 5.74) is 0.0665. The van der Waals surface area contributed by atoms with Crippen LogP contribution in [-0.4, -0.2) is 27.2 Å². The van der Waals surface area contributed by atoms with Gasteiger partial charge in [-0.3, -0.25) is 9.10 Å². The fourth-order valence-electron chi connectivity index (χ4n) is 2.99. The third kappa shape index (κ3) is 6.88. The Labute approximate surface area is 200 Å². The molecule has 0 atom stereocenters. The van der Waals surface area contributed by atoms with Gasteiger partial charge in [0.05, 0.1) is 34.8 Å². The molecule has 0 fully saturated rings. The molecule has 11 heteroatoms. The number of hydrogen-bond acceptors (Lipinski definition) is 4. The van der Waals surface area contributed by atoms with E-state index in [0.29, 0.717) is 5.69 Å². The minimum atomic E-state index is -4.58. The number of halogens is 4. The Balaban J connectivity index is 1.65. The van der Waals surface area contributed by atoms with E-state index in [1.54, 1.807) is 0 Å². The molecule has 1 amide bonds. The number of hydrogen-bond donors (Lipinski definition) is 1. The average Bonchev–Trinajstić information content (AvgIpc) is 2.77. The zero-order chi connectivity index (χ0) is 24.9. The number of benzene rings is 3. The summed E-state index contributed by atoms with van der Waals surface area (Å²) in [6.45, 7) is -0.355. The lowest BCUT2D eigenvalue weighted by molar-refractivity contribution is -0.137. The quantitative estimate of drug-likeness (QED) is 0.442. The van der Waals surface area contributed by atoms with Gasteiger partial charge in [0.15, 0.2) is 6.61 Å². The van der Waals surface area contributed by atoms with Crippen LogP contribution in [0.25, 0.3) is 0 Å². The van der Waals surface area contributed by atoms with Crippen molar-refractivity contribution in [1.29, 1.82) is 0 Å². The Kier molecular flexibility index (Phi) is 7.73. The van der Waals surface area contributed by atoms with Crippen molar-refractivity contribution in [3.8, 4) is 5.75 Å². The number of amides is 1. The van der Waals surface area contributed by atoms with E-state index >= 15 is 0 Å². The molecule has 0 radical (unpaired) electrons. The molecule has 0 saturated carbocycles. The second-order valence-corrected chi connectivity index (χ2v) is 9.59. The van der Waals surface area contributed by atoms with Crippen molar-refractivity contribution in [2.75, 3.05) is 22.5 Å². The highest BCUT2D eigenvalue weighted by Gasteiger charge is 2.31. The molecular weight excluding hydrogens is 493 g/mol. The smallest absolute Gasteiger partial charge is 0.416 e. The van der Waals surface area contributed by atoms with Gasteiger partial charge in [0, 0.05) is 0 Å². The number of nitrogens with one attached hydrogen (secondary N) is 1. The van der Waals surface area contributed by atoms with E-state index in [-0.39, 0.29) is 23.0 Å². The molecule has 0 heterocycles. The van der Waals surface area contributed by atoms with E-state index in [2.05, 4.69) is 5.32 Å². The van der Waals surface area contributed by atoms with Crippen molar-refractivity contribution in [2.45, 2.75) is 12.7 Å². The molecule has 180 valence electrons. The van der Waals surface area contributed by atoms with Crippen molar-refractivity contribution in [3.63, 3.8) is 0 Å². The highest BCUT2D eigenvalue weighted by molar-refractivity contribution is 7.92. The van der Waals surface area contributed by atoms with Crippen LogP contribution in [-0.2, 0) is 27.5 Å². The van der Waals surface area contributed by atoms with E-state index in [4.69, 9.17) is 16.3 Å². The zero-order valence-corrected chi connectivity index (χ0v) is 19.4. The molecule has 3 rings (SSSR count). The number of alkyl halides is 3. The van der Waals surface area contributed by atoms with Crippen LogP contribution in [0.4, 0.5) is 24.5 Å². The molecule has 0 saturated heterocycles. The highest BCUT2D eigenvalue weighted by atomic mass is 35.5. The summed E-state index contributed by atoms with van der Waals surface area (Å²) in [6, 6.07) is 17.7. The Morgan fingerprint density at radius 2 is 1.68 bits per heavy atom. The molecular formula is C23H20ClF3N2O4S. The maximum Gasteiger partial charge on any atom is 0.416 e. The zero-order valence-electron chi connectivity index (χ0n) is 17.8. The van der Waals surface area contributed by atoms with Crippen LogP contribution in [0.2, 0.25) is 5.02 Å². The number of carbonyl (C=O) groups excluding carboxylic acids is 1. The summed E-state index contributed by atoms with van der Waals surface area (Å²) in [7, 11) is -3.57. The Hall–Kier alpha value is -3.24. The Bertz CT molecular complexity index is 1250. The van der Waals surface area contributed by atoms with E-state index < -0.39 is 34.3 Å². The highest BCUT2D eigenvalue weighted by Crippen LogP contribution is 2.33. The van der Waals surface area contributed by atoms with Crippen molar-refractivity contribution in [1.82, 2.24) is 0 Å². The van der Waals surface area contributed by atoms with Crippen LogP contribution in [0.15, 0.2) is 72.8 Å². The second-order valence-electron chi connectivity index (χ2n) is 7.28. The van der Waals surface area contributed by atoms with Gasteiger partial charge in [0.1, 0.15) is 5.75 Å². The normalized spacial score (nSPS) is 11.7. The van der Waals surface area contributed by atoms with Crippen LogP contribution < -0.4 is 14.4 Å². The minimum absolute atomic E-state index is 0.0509. The average molecular weight is 513 g/mol. The first-order valence-electron chi connectivity index (χ1n) is 9.84. The van der Waals surface area contributed by atoms with E-state index in [1.165, 1.54) is 28.6 Å². The van der Waals surface area contributed by atoms with Crippen LogP contribution in [0, 0.1) is 0 Å². The fourth-order valence-corrected chi connectivity index (χ4v) is 4.04. The monoisotopic (exact) mass is 512 g/mol. The number of anilines is 2. The number of rotatable bonds is 8. The first-order chi connectivity index (χ1) is 15.9. The van der Waals surface area contributed by atoms with E-state index in [9.17, 15) is 26.4 Å². The molecule has 1 N–H and O–H groups in total. The van der Waals surface area contributed by atoms with Gasteiger partial charge in [0.2, 0.25) is 10.0 Å². The number of sulfonamides is 1. The van der Waals surface area contributed by atoms with Crippen LogP contribution in [0.1, 0.15) is 11.1 Å². The van der Waals surface area contributed by atoms with Gasteiger partial charge in [0.25, 0.3) is 5.91 Å². The topological polar surface area (TPSA) is 75.7 Å². The fraction of sp³-hybridized carbons (Fsp3) is 0.174. The second kappa shape index (κ2) is 10.4. The lowest BCUT2D eigenvalue weighted by Gasteiger charge is -2.22. The third-order valence-corrected chi connectivity index (χ3v) is 6.10. The Morgan fingerprint density at radius 1 is 1.03 bits per heavy atom. The number of nitrogens with zero attached hydrogens (tertiary/aromatic N) is 1. The first kappa shape index (κ1) is 25.4. The molecule has 0 aliphatic heterocycles. The SMILES string of the molecule is CS(=O)(=O)N(Cc1ccccc1)c1ccc(OCC(=O)Nc2cc(C(F)(F)F)ccc2Cl)cc1. The largest absolute Gasteiger partial charge is 0.484 e. The molecule has 34 heavy (non-hydrogen) atoms. The predicted molar refractivity (Wildman–Crippen MR) is 124 cm³/mol. The van der Waals surface area contributed by atoms with Gasteiger partial charge in [-0.15, -0.1) is 0 Å². The number of ether oxygens (including phenoxy) is 1. The lowest BCUT2D eigenvalue weighted by Crippen LogP contribution is -2.29. The molecule has 3 aromatic carbocycles. The summed E-state index contributed by atoms with van der Waals surface area (Å²) >= 11 is 5.87. The number of carbonyl (C=O) groups is 1. The van der Waals surface area contributed by atoms with Gasteiger partial charge >= 0.3 is 6.18 Å². The lowest BCUT2D eigenvalue weighted by atomic mass is 10.2. The molecule has 0 spiro atoms. The predicted octanol–water partition coefficient (Wildman–Crippen LogP) is 5.34. The third-order valence-electron chi connectivity index (χ3n) is 4.63. The first-order valence-corrected chi connectivity index (χ1v) is 12.1. The maximum atomic E-state index is 12.9. The van der Waals surface area contributed by atoms with Gasteiger partial charge in [-0.1, -0.05) is 41.9 Å². The summed E-state index contributed by atoms with van der Waals surface area (Å²) in [5, 5.41) is 2.24. The van der Waals surface area contributed by atoms with E-state index in [1.807, 2.05) is 30.3 Å².